The molecule has 0 aliphatic carbocycles. The number of aromatic nitrogens is 2. The zero-order valence-electron chi connectivity index (χ0n) is 10.8. The third kappa shape index (κ3) is 2.71. The first-order chi connectivity index (χ1) is 8.72. The number of nitrogens with zero attached hydrogens (tertiary/aromatic N) is 2. The van der Waals surface area contributed by atoms with Crippen molar-refractivity contribution in [2.75, 3.05) is 6.61 Å². The second kappa shape index (κ2) is 5.69. The molecule has 0 aliphatic heterocycles. The van der Waals surface area contributed by atoms with Crippen LogP contribution in [0.4, 0.5) is 0 Å². The van der Waals surface area contributed by atoms with Crippen molar-refractivity contribution in [2.24, 2.45) is 12.8 Å². The summed E-state index contributed by atoms with van der Waals surface area (Å²) in [5.41, 5.74) is 7.28. The number of aryl methyl sites for hydroxylation is 1. The molecule has 2 rings (SSSR count). The maximum absolute atomic E-state index is 6.25. The third-order valence-corrected chi connectivity index (χ3v) is 2.94. The Balaban J connectivity index is 2.18. The van der Waals surface area contributed by atoms with Gasteiger partial charge < -0.3 is 15.0 Å². The minimum Gasteiger partial charge on any atom is -0.494 e. The molecule has 0 spiro atoms. The van der Waals surface area contributed by atoms with Crippen molar-refractivity contribution >= 4 is 0 Å². The van der Waals surface area contributed by atoms with Gasteiger partial charge in [0.1, 0.15) is 11.6 Å². The van der Waals surface area contributed by atoms with Gasteiger partial charge in [-0.3, -0.25) is 0 Å². The van der Waals surface area contributed by atoms with Gasteiger partial charge in [0.05, 0.1) is 6.61 Å². The van der Waals surface area contributed by atoms with Crippen LogP contribution in [0.1, 0.15) is 24.4 Å². The molecule has 1 atom stereocenters. The van der Waals surface area contributed by atoms with E-state index >= 15 is 0 Å². The van der Waals surface area contributed by atoms with E-state index in [0.29, 0.717) is 13.0 Å². The second-order valence-corrected chi connectivity index (χ2v) is 4.24. The molecule has 0 saturated heterocycles. The van der Waals surface area contributed by atoms with E-state index < -0.39 is 0 Å². The standard InChI is InChI=1S/C14H19N3O/c1-3-18-13-7-5-4-6-11(13)12(15)10-14-16-8-9-17(14)2/h4-9,12H,3,10,15H2,1-2H3. The van der Waals surface area contributed by atoms with Crippen LogP contribution < -0.4 is 10.5 Å². The van der Waals surface area contributed by atoms with Gasteiger partial charge in [-0.25, -0.2) is 4.98 Å². The highest BCUT2D eigenvalue weighted by Gasteiger charge is 2.14. The smallest absolute Gasteiger partial charge is 0.124 e. The fraction of sp³-hybridized carbons (Fsp3) is 0.357. The Kier molecular flexibility index (Phi) is 3.99. The number of para-hydroxylation sites is 1. The van der Waals surface area contributed by atoms with Crippen LogP contribution in [0.3, 0.4) is 0 Å². The van der Waals surface area contributed by atoms with E-state index in [1.54, 1.807) is 6.20 Å². The Bertz CT molecular complexity index is 507. The summed E-state index contributed by atoms with van der Waals surface area (Å²) in [7, 11) is 1.98. The minimum absolute atomic E-state index is 0.103. The van der Waals surface area contributed by atoms with Crippen molar-refractivity contribution in [1.82, 2.24) is 9.55 Å². The van der Waals surface area contributed by atoms with Gasteiger partial charge in [0.25, 0.3) is 0 Å². The number of nitrogens with two attached hydrogens (primary N) is 1. The Morgan fingerprint density at radius 1 is 1.39 bits per heavy atom. The molecule has 4 nitrogen and oxygen atoms in total. The lowest BCUT2D eigenvalue weighted by Crippen LogP contribution is -2.17. The molecule has 1 unspecified atom stereocenters. The first-order valence-corrected chi connectivity index (χ1v) is 6.16. The maximum Gasteiger partial charge on any atom is 0.124 e. The average Bonchev–Trinajstić information content (AvgIpc) is 2.76. The van der Waals surface area contributed by atoms with Gasteiger partial charge in [0.2, 0.25) is 0 Å². The van der Waals surface area contributed by atoms with Crippen LogP contribution in [-0.4, -0.2) is 16.2 Å². The molecule has 0 bridgehead atoms. The van der Waals surface area contributed by atoms with Crippen molar-refractivity contribution in [3.8, 4) is 5.75 Å². The molecule has 0 radical (unpaired) electrons. The molecule has 96 valence electrons. The van der Waals surface area contributed by atoms with Crippen molar-refractivity contribution in [1.29, 1.82) is 0 Å². The van der Waals surface area contributed by atoms with Crippen LogP contribution in [0.5, 0.6) is 5.75 Å². The monoisotopic (exact) mass is 245 g/mol. The Morgan fingerprint density at radius 2 is 2.17 bits per heavy atom. The van der Waals surface area contributed by atoms with Gasteiger partial charge in [-0.15, -0.1) is 0 Å². The number of imidazole rings is 1. The molecule has 4 heteroatoms. The molecule has 0 saturated carbocycles. The van der Waals surface area contributed by atoms with Gasteiger partial charge in [-0.1, -0.05) is 18.2 Å². The normalized spacial score (nSPS) is 12.4. The van der Waals surface area contributed by atoms with Gasteiger partial charge in [0.15, 0.2) is 0 Å². The largest absolute Gasteiger partial charge is 0.494 e. The summed E-state index contributed by atoms with van der Waals surface area (Å²) >= 11 is 0. The van der Waals surface area contributed by atoms with Gasteiger partial charge in [0, 0.05) is 37.5 Å². The van der Waals surface area contributed by atoms with E-state index in [1.807, 2.05) is 49.0 Å². The van der Waals surface area contributed by atoms with Crippen molar-refractivity contribution in [3.05, 3.63) is 48.0 Å². The number of ether oxygens (including phenoxy) is 1. The number of benzene rings is 1. The Labute approximate surface area is 107 Å². The molecule has 0 amide bonds. The SMILES string of the molecule is CCOc1ccccc1C(N)Cc1nccn1C. The lowest BCUT2D eigenvalue weighted by atomic mass is 10.0. The number of rotatable bonds is 5. The molecule has 1 aromatic heterocycles. The highest BCUT2D eigenvalue weighted by atomic mass is 16.5. The Morgan fingerprint density at radius 3 is 2.83 bits per heavy atom. The predicted molar refractivity (Wildman–Crippen MR) is 71.5 cm³/mol. The predicted octanol–water partition coefficient (Wildman–Crippen LogP) is 2.06. The summed E-state index contributed by atoms with van der Waals surface area (Å²) in [5, 5.41) is 0. The third-order valence-electron chi connectivity index (χ3n) is 2.94. The molecular weight excluding hydrogens is 226 g/mol. The van der Waals surface area contributed by atoms with E-state index in [2.05, 4.69) is 4.98 Å². The lowest BCUT2D eigenvalue weighted by molar-refractivity contribution is 0.334. The van der Waals surface area contributed by atoms with Gasteiger partial charge in [-0.05, 0) is 13.0 Å². The molecule has 0 fully saturated rings. The molecule has 1 aromatic carbocycles. The van der Waals surface area contributed by atoms with Crippen LogP contribution in [0.25, 0.3) is 0 Å². The summed E-state index contributed by atoms with van der Waals surface area (Å²) in [6.45, 7) is 2.62. The fourth-order valence-corrected chi connectivity index (χ4v) is 1.97. The van der Waals surface area contributed by atoms with Crippen LogP contribution in [0.15, 0.2) is 36.7 Å². The molecule has 1 heterocycles. The molecule has 0 aliphatic rings. The van der Waals surface area contributed by atoms with Crippen molar-refractivity contribution in [3.63, 3.8) is 0 Å². The molecule has 18 heavy (non-hydrogen) atoms. The highest BCUT2D eigenvalue weighted by Crippen LogP contribution is 2.25. The zero-order chi connectivity index (χ0) is 13.0. The topological polar surface area (TPSA) is 53.1 Å². The zero-order valence-corrected chi connectivity index (χ0v) is 10.8. The quantitative estimate of drug-likeness (QED) is 0.877. The Hall–Kier alpha value is -1.81. The highest BCUT2D eigenvalue weighted by molar-refractivity contribution is 5.36. The summed E-state index contributed by atoms with van der Waals surface area (Å²) in [6, 6.07) is 7.81. The molecule has 2 aromatic rings. The number of hydrogen-bond donors (Lipinski definition) is 1. The van der Waals surface area contributed by atoms with Gasteiger partial charge >= 0.3 is 0 Å². The van der Waals surface area contributed by atoms with Crippen molar-refractivity contribution < 1.29 is 4.74 Å². The number of hydrogen-bond acceptors (Lipinski definition) is 3. The summed E-state index contributed by atoms with van der Waals surface area (Å²) in [4.78, 5) is 4.30. The maximum atomic E-state index is 6.25. The second-order valence-electron chi connectivity index (χ2n) is 4.24. The summed E-state index contributed by atoms with van der Waals surface area (Å²) in [6.07, 6.45) is 4.42. The van der Waals surface area contributed by atoms with Crippen LogP contribution >= 0.6 is 0 Å². The minimum atomic E-state index is -0.103. The summed E-state index contributed by atoms with van der Waals surface area (Å²) < 4.78 is 7.59. The van der Waals surface area contributed by atoms with E-state index in [0.717, 1.165) is 17.1 Å². The molecule has 2 N–H and O–H groups in total. The lowest BCUT2D eigenvalue weighted by Gasteiger charge is -2.16. The van der Waals surface area contributed by atoms with Gasteiger partial charge in [-0.2, -0.15) is 0 Å². The van der Waals surface area contributed by atoms with E-state index in [4.69, 9.17) is 10.5 Å². The first-order valence-electron chi connectivity index (χ1n) is 6.16. The van der Waals surface area contributed by atoms with E-state index in [9.17, 15) is 0 Å². The van der Waals surface area contributed by atoms with E-state index in [-0.39, 0.29) is 6.04 Å². The fourth-order valence-electron chi connectivity index (χ4n) is 1.97. The molecular formula is C14H19N3O. The van der Waals surface area contributed by atoms with Crippen LogP contribution in [0, 0.1) is 0 Å². The average molecular weight is 245 g/mol. The van der Waals surface area contributed by atoms with Crippen molar-refractivity contribution in [2.45, 2.75) is 19.4 Å². The van der Waals surface area contributed by atoms with Crippen LogP contribution in [-0.2, 0) is 13.5 Å². The first kappa shape index (κ1) is 12.6. The van der Waals surface area contributed by atoms with E-state index in [1.165, 1.54) is 0 Å². The summed E-state index contributed by atoms with van der Waals surface area (Å²) in [5.74, 6) is 1.84. The van der Waals surface area contributed by atoms with Crippen LogP contribution in [0.2, 0.25) is 0 Å².